The van der Waals surface area contributed by atoms with Crippen molar-refractivity contribution < 1.29 is 18.7 Å². The quantitative estimate of drug-likeness (QED) is 0.220. The lowest BCUT2D eigenvalue weighted by atomic mass is 9.97. The molecule has 3 aromatic rings. The van der Waals surface area contributed by atoms with E-state index < -0.39 is 0 Å². The average molecular weight is 548 g/mol. The maximum absolute atomic E-state index is 14.3. The predicted molar refractivity (Wildman–Crippen MR) is 155 cm³/mol. The molecule has 8 nitrogen and oxygen atoms in total. The van der Waals surface area contributed by atoms with E-state index in [9.17, 15) is 9.18 Å². The number of carbonyl (C=O) groups is 1. The Bertz CT molecular complexity index is 1350. The molecule has 1 aliphatic heterocycles. The molecule has 2 heterocycles. The van der Waals surface area contributed by atoms with Crippen LogP contribution < -0.4 is 26.2 Å². The number of hydrogen-bond acceptors (Lipinski definition) is 7. The minimum Gasteiger partial charge on any atom is -0.496 e. The molecular formula is C31H38FN5O3. The fraction of sp³-hybridized carbons (Fsp3) is 0.355. The number of carbonyl (C=O) groups excluding carboxylic acids is 1. The minimum atomic E-state index is -0.330. The molecule has 1 aliphatic rings. The van der Waals surface area contributed by atoms with Gasteiger partial charge in [-0.05, 0) is 68.3 Å². The number of anilines is 1. The second-order valence-corrected chi connectivity index (χ2v) is 10.0. The molecule has 0 radical (unpaired) electrons. The number of hydrazine groups is 1. The molecule has 4 N–H and O–H groups in total. The number of ether oxygens (including phenoxy) is 2. The molecule has 0 spiro atoms. The van der Waals surface area contributed by atoms with Gasteiger partial charge in [-0.15, -0.1) is 0 Å². The molecule has 2 aromatic carbocycles. The van der Waals surface area contributed by atoms with E-state index in [2.05, 4.69) is 33.0 Å². The van der Waals surface area contributed by atoms with Gasteiger partial charge in [-0.25, -0.2) is 9.82 Å². The standard InChI is InChI=1S/C31H38FN5O3/c1-6-23(16-24(40-19(2)3)17-33-18-26-27(32)8-7-9-29(26)39-5)35-31(38)22-10-11-28-25(15-22)30(37-36-28)21-12-13-34-20(4)14-21/h7-15,23-24,30,33,36-37H,2,6,16-18H2,1,3-5H3,(H,35,38). The van der Waals surface area contributed by atoms with E-state index in [0.717, 1.165) is 28.9 Å². The van der Waals surface area contributed by atoms with E-state index in [0.29, 0.717) is 35.6 Å². The van der Waals surface area contributed by atoms with E-state index >= 15 is 0 Å². The molecule has 3 atom stereocenters. The number of nitrogens with one attached hydrogen (secondary N) is 4. The van der Waals surface area contributed by atoms with Gasteiger partial charge >= 0.3 is 0 Å². The number of amides is 1. The number of benzene rings is 2. The second kappa shape index (κ2) is 13.4. The zero-order valence-corrected chi connectivity index (χ0v) is 23.5. The molecule has 0 bridgehead atoms. The highest BCUT2D eigenvalue weighted by atomic mass is 19.1. The number of methoxy groups -OCH3 is 1. The fourth-order valence-corrected chi connectivity index (χ4v) is 4.93. The number of aromatic nitrogens is 1. The molecular weight excluding hydrogens is 509 g/mol. The number of halogens is 1. The Morgan fingerprint density at radius 2 is 2.05 bits per heavy atom. The highest BCUT2D eigenvalue weighted by molar-refractivity contribution is 5.95. The summed E-state index contributed by atoms with van der Waals surface area (Å²) in [4.78, 5) is 17.6. The summed E-state index contributed by atoms with van der Waals surface area (Å²) in [5.74, 6) is 0.588. The maximum Gasteiger partial charge on any atom is 0.251 e. The SMILES string of the molecule is C=C(C)OC(CNCc1c(F)cccc1OC)CC(CC)NC(=O)c1ccc2c(c1)C(c1ccnc(C)c1)NN2. The number of hydrogen-bond donors (Lipinski definition) is 4. The Kier molecular flexibility index (Phi) is 9.74. The van der Waals surface area contributed by atoms with Crippen LogP contribution in [0.5, 0.6) is 5.75 Å². The Hall–Kier alpha value is -3.95. The molecule has 3 unspecified atom stereocenters. The fourth-order valence-electron chi connectivity index (χ4n) is 4.93. The summed E-state index contributed by atoms with van der Waals surface area (Å²) in [5.41, 5.74) is 11.5. The van der Waals surface area contributed by atoms with Crippen LogP contribution in [0.1, 0.15) is 65.5 Å². The van der Waals surface area contributed by atoms with Crippen LogP contribution in [0.25, 0.3) is 0 Å². The van der Waals surface area contributed by atoms with Crippen molar-refractivity contribution in [2.45, 2.75) is 58.3 Å². The van der Waals surface area contributed by atoms with Crippen molar-refractivity contribution in [2.75, 3.05) is 19.1 Å². The minimum absolute atomic E-state index is 0.0843. The lowest BCUT2D eigenvalue weighted by molar-refractivity contribution is 0.0843. The molecule has 0 saturated heterocycles. The largest absolute Gasteiger partial charge is 0.496 e. The van der Waals surface area contributed by atoms with Crippen LogP contribution in [0.4, 0.5) is 10.1 Å². The van der Waals surface area contributed by atoms with Crippen LogP contribution >= 0.6 is 0 Å². The van der Waals surface area contributed by atoms with Gasteiger partial charge in [0.25, 0.3) is 5.91 Å². The molecule has 0 aliphatic carbocycles. The van der Waals surface area contributed by atoms with Crippen LogP contribution in [-0.4, -0.2) is 36.7 Å². The van der Waals surface area contributed by atoms with Gasteiger partial charge < -0.3 is 25.5 Å². The third-order valence-corrected chi connectivity index (χ3v) is 6.94. The number of nitrogens with zero attached hydrogens (tertiary/aromatic N) is 1. The van der Waals surface area contributed by atoms with E-state index in [1.807, 2.05) is 44.2 Å². The maximum atomic E-state index is 14.3. The summed E-state index contributed by atoms with van der Waals surface area (Å²) < 4.78 is 25.6. The van der Waals surface area contributed by atoms with Crippen molar-refractivity contribution in [3.63, 3.8) is 0 Å². The molecule has 0 saturated carbocycles. The molecule has 1 amide bonds. The van der Waals surface area contributed by atoms with Gasteiger partial charge in [0.05, 0.1) is 24.6 Å². The van der Waals surface area contributed by atoms with Crippen molar-refractivity contribution >= 4 is 11.6 Å². The second-order valence-electron chi connectivity index (χ2n) is 10.0. The first-order valence-corrected chi connectivity index (χ1v) is 13.5. The summed E-state index contributed by atoms with van der Waals surface area (Å²) in [6, 6.07) is 14.2. The molecule has 1 aromatic heterocycles. The van der Waals surface area contributed by atoms with E-state index in [-0.39, 0.29) is 36.5 Å². The Morgan fingerprint density at radius 3 is 2.77 bits per heavy atom. The predicted octanol–water partition coefficient (Wildman–Crippen LogP) is 5.16. The zero-order valence-electron chi connectivity index (χ0n) is 23.5. The highest BCUT2D eigenvalue weighted by Gasteiger charge is 2.26. The van der Waals surface area contributed by atoms with Crippen molar-refractivity contribution in [1.82, 2.24) is 21.0 Å². The van der Waals surface area contributed by atoms with E-state index in [4.69, 9.17) is 9.47 Å². The van der Waals surface area contributed by atoms with Crippen molar-refractivity contribution in [2.24, 2.45) is 0 Å². The van der Waals surface area contributed by atoms with Crippen LogP contribution in [0.3, 0.4) is 0 Å². The van der Waals surface area contributed by atoms with Gasteiger partial charge in [-0.1, -0.05) is 19.6 Å². The van der Waals surface area contributed by atoms with Gasteiger partial charge in [0.15, 0.2) is 0 Å². The molecule has 4 rings (SSSR count). The third-order valence-electron chi connectivity index (χ3n) is 6.94. The smallest absolute Gasteiger partial charge is 0.251 e. The number of allylic oxidation sites excluding steroid dienone is 1. The van der Waals surface area contributed by atoms with Gasteiger partial charge in [0, 0.05) is 54.1 Å². The summed E-state index contributed by atoms with van der Waals surface area (Å²) in [7, 11) is 1.52. The first kappa shape index (κ1) is 29.0. The number of aryl methyl sites for hydroxylation is 1. The lowest BCUT2D eigenvalue weighted by Gasteiger charge is -2.25. The van der Waals surface area contributed by atoms with Gasteiger partial charge in [0.1, 0.15) is 17.7 Å². The molecule has 40 heavy (non-hydrogen) atoms. The van der Waals surface area contributed by atoms with Gasteiger partial charge in [-0.3, -0.25) is 9.78 Å². The Balaban J connectivity index is 1.41. The van der Waals surface area contributed by atoms with E-state index in [1.165, 1.54) is 13.2 Å². The lowest BCUT2D eigenvalue weighted by Crippen LogP contribution is -2.40. The zero-order chi connectivity index (χ0) is 28.6. The average Bonchev–Trinajstić information content (AvgIpc) is 3.36. The Labute approximate surface area is 235 Å². The first-order valence-electron chi connectivity index (χ1n) is 13.5. The summed E-state index contributed by atoms with van der Waals surface area (Å²) in [5, 5.41) is 6.44. The first-order chi connectivity index (χ1) is 19.3. The van der Waals surface area contributed by atoms with Crippen LogP contribution in [0, 0.1) is 12.7 Å². The highest BCUT2D eigenvalue weighted by Crippen LogP contribution is 2.34. The summed E-state index contributed by atoms with van der Waals surface area (Å²) in [6.45, 7) is 10.4. The third kappa shape index (κ3) is 7.16. The summed E-state index contributed by atoms with van der Waals surface area (Å²) >= 11 is 0. The molecule has 212 valence electrons. The number of rotatable bonds is 13. The van der Waals surface area contributed by atoms with Crippen molar-refractivity contribution in [3.8, 4) is 5.75 Å². The topological polar surface area (TPSA) is 96.5 Å². The van der Waals surface area contributed by atoms with Crippen LogP contribution in [0.15, 0.2) is 67.1 Å². The molecule has 0 fully saturated rings. The van der Waals surface area contributed by atoms with Crippen LogP contribution in [-0.2, 0) is 11.3 Å². The van der Waals surface area contributed by atoms with Crippen molar-refractivity contribution in [1.29, 1.82) is 0 Å². The summed E-state index contributed by atoms with van der Waals surface area (Å²) in [6.07, 6.45) is 2.80. The number of pyridine rings is 1. The normalized spacial score (nSPS) is 15.5. The van der Waals surface area contributed by atoms with E-state index in [1.54, 1.807) is 25.3 Å². The molecule has 9 heteroatoms. The Morgan fingerprint density at radius 1 is 1.23 bits per heavy atom. The van der Waals surface area contributed by atoms with Crippen LogP contribution in [0.2, 0.25) is 0 Å². The monoisotopic (exact) mass is 547 g/mol. The van der Waals surface area contributed by atoms with Gasteiger partial charge in [0.2, 0.25) is 0 Å². The van der Waals surface area contributed by atoms with Crippen molar-refractivity contribution in [3.05, 3.63) is 101 Å². The number of fused-ring (bicyclic) bond motifs is 1. The van der Waals surface area contributed by atoms with Gasteiger partial charge in [-0.2, -0.15) is 0 Å².